The van der Waals surface area contributed by atoms with Gasteiger partial charge >= 0.3 is 0 Å². The van der Waals surface area contributed by atoms with Gasteiger partial charge in [0, 0.05) is 22.9 Å². The maximum Gasteiger partial charge on any atom is 0.157 e. The van der Waals surface area contributed by atoms with Gasteiger partial charge in [0.2, 0.25) is 0 Å². The Morgan fingerprint density at radius 3 is 2.96 bits per heavy atom. The number of thiazole rings is 1. The van der Waals surface area contributed by atoms with Gasteiger partial charge in [-0.15, -0.1) is 11.3 Å². The Balaban J connectivity index is 1.62. The van der Waals surface area contributed by atoms with E-state index in [0.29, 0.717) is 31.3 Å². The third-order valence-corrected chi connectivity index (χ3v) is 5.50. The average molecular weight is 430 g/mol. The zero-order valence-electron chi connectivity index (χ0n) is 17.0. The van der Waals surface area contributed by atoms with Crippen molar-refractivity contribution in [3.63, 3.8) is 0 Å². The maximum atomic E-state index is 10.3. The van der Waals surface area contributed by atoms with Crippen molar-refractivity contribution in [3.8, 4) is 0 Å². The van der Waals surface area contributed by atoms with Crippen molar-refractivity contribution >= 4 is 29.0 Å². The number of halogens is 1. The van der Waals surface area contributed by atoms with Gasteiger partial charge in [-0.25, -0.2) is 4.98 Å². The summed E-state index contributed by atoms with van der Waals surface area (Å²) in [6, 6.07) is 0. The van der Waals surface area contributed by atoms with Gasteiger partial charge in [-0.2, -0.15) is 0 Å². The summed E-state index contributed by atoms with van der Waals surface area (Å²) in [5.74, 6) is 0.271. The number of hydrogen-bond acceptors (Lipinski definition) is 6. The van der Waals surface area contributed by atoms with Gasteiger partial charge in [-0.3, -0.25) is 0 Å². The molecule has 1 unspecified atom stereocenters. The Morgan fingerprint density at radius 1 is 1.46 bits per heavy atom. The van der Waals surface area contributed by atoms with Crippen molar-refractivity contribution in [2.24, 2.45) is 5.92 Å². The molecule has 1 saturated heterocycles. The van der Waals surface area contributed by atoms with E-state index in [1.54, 1.807) is 11.3 Å². The quantitative estimate of drug-likeness (QED) is 0.540. The van der Waals surface area contributed by atoms with Crippen molar-refractivity contribution in [3.05, 3.63) is 32.8 Å². The zero-order valence-corrected chi connectivity index (χ0v) is 18.6. The summed E-state index contributed by atoms with van der Waals surface area (Å²) in [6.07, 6.45) is 6.78. The van der Waals surface area contributed by atoms with Crippen LogP contribution < -0.4 is 0 Å². The highest BCUT2D eigenvalue weighted by Gasteiger charge is 2.15. The highest BCUT2D eigenvalue weighted by Crippen LogP contribution is 2.17. The molecule has 3 atom stereocenters. The number of rotatable bonds is 11. The molecule has 0 radical (unpaired) electrons. The lowest BCUT2D eigenvalue weighted by molar-refractivity contribution is -0.170. The Morgan fingerprint density at radius 2 is 2.29 bits per heavy atom. The summed E-state index contributed by atoms with van der Waals surface area (Å²) < 4.78 is 17.0. The summed E-state index contributed by atoms with van der Waals surface area (Å²) in [7, 11) is 0. The van der Waals surface area contributed by atoms with Gasteiger partial charge < -0.3 is 19.3 Å². The molecular weight excluding hydrogens is 398 g/mol. The molecule has 2 heterocycles. The van der Waals surface area contributed by atoms with E-state index in [1.807, 2.05) is 31.4 Å². The van der Waals surface area contributed by atoms with Crippen LogP contribution in [0.15, 0.2) is 22.1 Å². The highest BCUT2D eigenvalue weighted by atomic mass is 35.5. The van der Waals surface area contributed by atoms with Crippen LogP contribution in [0.4, 0.5) is 0 Å². The molecule has 0 amide bonds. The summed E-state index contributed by atoms with van der Waals surface area (Å²) in [6.45, 7) is 8.26. The van der Waals surface area contributed by atoms with Crippen molar-refractivity contribution < 1.29 is 19.3 Å². The van der Waals surface area contributed by atoms with Crippen molar-refractivity contribution in [2.45, 2.75) is 58.8 Å². The van der Waals surface area contributed by atoms with Crippen molar-refractivity contribution in [1.29, 1.82) is 0 Å². The predicted octanol–water partition coefficient (Wildman–Crippen LogP) is 4.92. The first kappa shape index (κ1) is 23.5. The molecule has 5 nitrogen and oxygen atoms in total. The van der Waals surface area contributed by atoms with Crippen LogP contribution in [-0.2, 0) is 14.2 Å². The molecule has 2 rings (SSSR count). The van der Waals surface area contributed by atoms with Gasteiger partial charge in [0.05, 0.1) is 36.6 Å². The second-order valence-corrected chi connectivity index (χ2v) is 8.88. The molecule has 1 N–H and O–H groups in total. The standard InChI is InChI=1S/C21H32ClNO4S/c1-15(12-27-21-6-4-5-9-26-21)11-25-13-18(22)7-8-20(24)16(2)10-19-14-28-17(3)23-19/h7,10,14-15,20-21,24H,4-6,8-9,11-13H2,1-3H3/b16-10+,18-7-/t15-,20-,21?/m0/s1. The fraction of sp³-hybridized carbons (Fsp3) is 0.667. The summed E-state index contributed by atoms with van der Waals surface area (Å²) in [5, 5.41) is 13.9. The number of aryl methyl sites for hydroxylation is 1. The van der Waals surface area contributed by atoms with Crippen LogP contribution in [0.5, 0.6) is 0 Å². The van der Waals surface area contributed by atoms with Crippen LogP contribution >= 0.6 is 22.9 Å². The second-order valence-electron chi connectivity index (χ2n) is 7.33. The Hall–Kier alpha value is -0.760. The smallest absolute Gasteiger partial charge is 0.157 e. The number of aromatic nitrogens is 1. The van der Waals surface area contributed by atoms with E-state index in [2.05, 4.69) is 11.9 Å². The average Bonchev–Trinajstić information content (AvgIpc) is 3.09. The minimum absolute atomic E-state index is 0.0642. The minimum Gasteiger partial charge on any atom is -0.388 e. The first-order valence-corrected chi connectivity index (χ1v) is 11.1. The molecule has 1 aliphatic rings. The molecule has 28 heavy (non-hydrogen) atoms. The monoisotopic (exact) mass is 429 g/mol. The van der Waals surface area contributed by atoms with Gasteiger partial charge in [0.25, 0.3) is 0 Å². The summed E-state index contributed by atoms with van der Waals surface area (Å²) >= 11 is 7.82. The normalized spacial score (nSPS) is 21.0. The first-order chi connectivity index (χ1) is 13.4. The van der Waals surface area contributed by atoms with E-state index in [0.717, 1.165) is 35.7 Å². The Labute approximate surface area is 177 Å². The minimum atomic E-state index is -0.585. The lowest BCUT2D eigenvalue weighted by atomic mass is 10.1. The lowest BCUT2D eigenvalue weighted by Crippen LogP contribution is -2.25. The number of aliphatic hydroxyl groups excluding tert-OH is 1. The van der Waals surface area contributed by atoms with E-state index in [9.17, 15) is 5.11 Å². The van der Waals surface area contributed by atoms with Gasteiger partial charge in [-0.1, -0.05) is 24.6 Å². The van der Waals surface area contributed by atoms with E-state index >= 15 is 0 Å². The molecule has 0 bridgehead atoms. The number of hydrogen-bond donors (Lipinski definition) is 1. The maximum absolute atomic E-state index is 10.3. The Kier molecular flexibility index (Phi) is 10.7. The number of ether oxygens (including phenoxy) is 3. The second kappa shape index (κ2) is 12.7. The highest BCUT2D eigenvalue weighted by molar-refractivity contribution is 7.09. The van der Waals surface area contributed by atoms with Crippen molar-refractivity contribution in [2.75, 3.05) is 26.4 Å². The molecule has 0 spiro atoms. The molecule has 7 heteroatoms. The van der Waals surface area contributed by atoms with Crippen LogP contribution in [-0.4, -0.2) is 48.9 Å². The predicted molar refractivity (Wildman–Crippen MR) is 115 cm³/mol. The number of aliphatic hydroxyl groups is 1. The third-order valence-electron chi connectivity index (χ3n) is 4.45. The van der Waals surface area contributed by atoms with Crippen LogP contribution in [0.1, 0.15) is 50.2 Å². The molecule has 158 valence electrons. The SMILES string of the molecule is C/C(=C\c1csc(C)n1)[C@@H](O)C/C=C(\Cl)COC[C@H](C)COC1CCCCO1. The molecule has 1 fully saturated rings. The molecule has 0 aromatic carbocycles. The van der Waals surface area contributed by atoms with Crippen molar-refractivity contribution in [1.82, 2.24) is 4.98 Å². The molecule has 1 aliphatic heterocycles. The van der Waals surface area contributed by atoms with Crippen LogP contribution in [0.2, 0.25) is 0 Å². The summed E-state index contributed by atoms with van der Waals surface area (Å²) in [4.78, 5) is 4.38. The van der Waals surface area contributed by atoms with Crippen LogP contribution in [0, 0.1) is 12.8 Å². The molecule has 0 aliphatic carbocycles. The van der Waals surface area contributed by atoms with Gasteiger partial charge in [0.15, 0.2) is 6.29 Å². The molecule has 1 aromatic heterocycles. The topological polar surface area (TPSA) is 60.8 Å². The van der Waals surface area contributed by atoms with E-state index in [-0.39, 0.29) is 12.2 Å². The van der Waals surface area contributed by atoms with Gasteiger partial charge in [0.1, 0.15) is 0 Å². The fourth-order valence-electron chi connectivity index (χ4n) is 2.78. The van der Waals surface area contributed by atoms with Crippen LogP contribution in [0.3, 0.4) is 0 Å². The Bertz CT molecular complexity index is 640. The fourth-order valence-corrected chi connectivity index (χ4v) is 3.52. The van der Waals surface area contributed by atoms with E-state index in [4.69, 9.17) is 25.8 Å². The molecule has 1 aromatic rings. The van der Waals surface area contributed by atoms with E-state index in [1.165, 1.54) is 6.42 Å². The van der Waals surface area contributed by atoms with Crippen LogP contribution in [0.25, 0.3) is 6.08 Å². The third kappa shape index (κ3) is 9.16. The summed E-state index contributed by atoms with van der Waals surface area (Å²) in [5.41, 5.74) is 1.75. The van der Waals surface area contributed by atoms with E-state index < -0.39 is 6.10 Å². The zero-order chi connectivity index (χ0) is 20.4. The largest absolute Gasteiger partial charge is 0.388 e. The molecular formula is C21H32ClNO4S. The van der Waals surface area contributed by atoms with Gasteiger partial charge in [-0.05, 0) is 51.2 Å². The first-order valence-electron chi connectivity index (χ1n) is 9.88. The lowest BCUT2D eigenvalue weighted by Gasteiger charge is -2.24. The number of nitrogens with zero attached hydrogens (tertiary/aromatic N) is 1. The molecule has 0 saturated carbocycles.